The number of methoxy groups -OCH3 is 1. The number of nitrogens with zero attached hydrogens (tertiary/aromatic N) is 2. The molecule has 0 bridgehead atoms. The van der Waals surface area contributed by atoms with E-state index in [0.717, 1.165) is 59.4 Å². The van der Waals surface area contributed by atoms with Gasteiger partial charge in [0.05, 0.1) is 19.0 Å². The Morgan fingerprint density at radius 2 is 1.72 bits per heavy atom. The molecule has 6 heteroatoms. The van der Waals surface area contributed by atoms with Gasteiger partial charge in [-0.05, 0) is 49.4 Å². The minimum absolute atomic E-state index is 0.0818. The van der Waals surface area contributed by atoms with Gasteiger partial charge in [-0.15, -0.1) is 0 Å². The van der Waals surface area contributed by atoms with Gasteiger partial charge in [0.25, 0.3) is 0 Å². The van der Waals surface area contributed by atoms with Crippen LogP contribution in [0.25, 0.3) is 10.9 Å². The number of pyridine rings is 1. The fourth-order valence-electron chi connectivity index (χ4n) is 4.40. The van der Waals surface area contributed by atoms with Crippen LogP contribution in [0.15, 0.2) is 54.6 Å². The van der Waals surface area contributed by atoms with E-state index in [-0.39, 0.29) is 11.9 Å². The highest BCUT2D eigenvalue weighted by molar-refractivity contribution is 5.93. The molecule has 6 nitrogen and oxygen atoms in total. The van der Waals surface area contributed by atoms with Gasteiger partial charge in [0, 0.05) is 43.3 Å². The molecule has 0 radical (unpaired) electrons. The molecule has 1 saturated carbocycles. The second-order valence-corrected chi connectivity index (χ2v) is 8.72. The van der Waals surface area contributed by atoms with Gasteiger partial charge in [-0.2, -0.15) is 0 Å². The van der Waals surface area contributed by atoms with Gasteiger partial charge in [-0.1, -0.05) is 30.3 Å². The van der Waals surface area contributed by atoms with Crippen LogP contribution in [0.5, 0.6) is 5.75 Å². The summed E-state index contributed by atoms with van der Waals surface area (Å²) in [6.45, 7) is 0. The van der Waals surface area contributed by atoms with E-state index in [9.17, 15) is 4.79 Å². The molecule has 1 fully saturated rings. The lowest BCUT2D eigenvalue weighted by Gasteiger charge is -2.30. The Morgan fingerprint density at radius 1 is 1.03 bits per heavy atom. The molecular weight excluding hydrogens is 400 g/mol. The number of amides is 1. The average molecular weight is 433 g/mol. The van der Waals surface area contributed by atoms with E-state index in [1.807, 2.05) is 36.4 Å². The predicted molar refractivity (Wildman–Crippen MR) is 131 cm³/mol. The van der Waals surface area contributed by atoms with Gasteiger partial charge in [-0.25, -0.2) is 4.98 Å². The van der Waals surface area contributed by atoms with Gasteiger partial charge in [0.15, 0.2) is 0 Å². The molecule has 0 unspecified atom stereocenters. The van der Waals surface area contributed by atoms with Crippen molar-refractivity contribution in [2.75, 3.05) is 31.4 Å². The SMILES string of the molecule is COc1ccc(CC(=O)N[C@H]2CC[C@@H](Nc3cc(N(C)C)c4ccccc4n3)CC2)cc1. The van der Waals surface area contributed by atoms with Crippen LogP contribution in [0, 0.1) is 0 Å². The Balaban J connectivity index is 1.30. The van der Waals surface area contributed by atoms with E-state index >= 15 is 0 Å². The third-order valence-corrected chi connectivity index (χ3v) is 6.14. The van der Waals surface area contributed by atoms with E-state index in [1.165, 1.54) is 0 Å². The van der Waals surface area contributed by atoms with E-state index < -0.39 is 0 Å². The summed E-state index contributed by atoms with van der Waals surface area (Å²) in [6, 6.07) is 18.6. The Hall–Kier alpha value is -3.28. The number of anilines is 2. The van der Waals surface area contributed by atoms with E-state index in [1.54, 1.807) is 7.11 Å². The molecule has 1 aliphatic rings. The Labute approximate surface area is 190 Å². The standard InChI is InChI=1S/C26H32N4O2/c1-30(2)24-17-25(29-23-7-5-4-6-22(23)24)27-19-10-12-20(13-11-19)28-26(31)16-18-8-14-21(32-3)15-9-18/h4-9,14-15,17,19-20H,10-13,16H2,1-3H3,(H,27,29)(H,28,31)/t19-,20+. The maximum atomic E-state index is 12.5. The van der Waals surface area contributed by atoms with Crippen LogP contribution >= 0.6 is 0 Å². The first-order valence-electron chi connectivity index (χ1n) is 11.3. The van der Waals surface area contributed by atoms with Crippen molar-refractivity contribution in [3.05, 3.63) is 60.2 Å². The molecule has 1 aromatic heterocycles. The molecule has 2 N–H and O–H groups in total. The van der Waals surface area contributed by atoms with Crippen molar-refractivity contribution in [3.8, 4) is 5.75 Å². The number of nitrogens with one attached hydrogen (secondary N) is 2. The zero-order valence-corrected chi connectivity index (χ0v) is 19.1. The Morgan fingerprint density at radius 3 is 2.41 bits per heavy atom. The van der Waals surface area contributed by atoms with Gasteiger partial charge in [0.1, 0.15) is 11.6 Å². The maximum Gasteiger partial charge on any atom is 0.224 e. The lowest BCUT2D eigenvalue weighted by atomic mass is 9.91. The van der Waals surface area contributed by atoms with Crippen LogP contribution in [-0.2, 0) is 11.2 Å². The fraction of sp³-hybridized carbons (Fsp3) is 0.385. The molecular formula is C26H32N4O2. The highest BCUT2D eigenvalue weighted by Gasteiger charge is 2.23. The van der Waals surface area contributed by atoms with Crippen LogP contribution < -0.4 is 20.3 Å². The monoisotopic (exact) mass is 432 g/mol. The summed E-state index contributed by atoms with van der Waals surface area (Å²) < 4.78 is 5.17. The number of rotatable bonds is 7. The summed E-state index contributed by atoms with van der Waals surface area (Å²) in [6.07, 6.45) is 4.37. The summed E-state index contributed by atoms with van der Waals surface area (Å²) in [5.74, 6) is 1.80. The lowest BCUT2D eigenvalue weighted by molar-refractivity contribution is -0.121. The third-order valence-electron chi connectivity index (χ3n) is 6.14. The molecule has 168 valence electrons. The number of hydrogen-bond donors (Lipinski definition) is 2. The summed E-state index contributed by atoms with van der Waals surface area (Å²) in [4.78, 5) is 19.4. The van der Waals surface area contributed by atoms with Crippen molar-refractivity contribution in [3.63, 3.8) is 0 Å². The van der Waals surface area contributed by atoms with Crippen LogP contribution in [0.4, 0.5) is 11.5 Å². The molecule has 0 atom stereocenters. The number of aromatic nitrogens is 1. The topological polar surface area (TPSA) is 66.5 Å². The molecule has 3 aromatic rings. The van der Waals surface area contributed by atoms with Crippen LogP contribution in [0.3, 0.4) is 0 Å². The second kappa shape index (κ2) is 9.90. The Kier molecular flexibility index (Phi) is 6.78. The molecule has 1 heterocycles. The second-order valence-electron chi connectivity index (χ2n) is 8.72. The highest BCUT2D eigenvalue weighted by Crippen LogP contribution is 2.29. The lowest BCUT2D eigenvalue weighted by Crippen LogP contribution is -2.40. The smallest absolute Gasteiger partial charge is 0.224 e. The van der Waals surface area contributed by atoms with Crippen molar-refractivity contribution in [1.82, 2.24) is 10.3 Å². The van der Waals surface area contributed by atoms with Crippen LogP contribution in [0.2, 0.25) is 0 Å². The van der Waals surface area contributed by atoms with E-state index in [2.05, 4.69) is 47.8 Å². The van der Waals surface area contributed by atoms with Crippen LogP contribution in [-0.4, -0.2) is 44.2 Å². The number of carbonyl (C=O) groups excluding carboxylic acids is 1. The summed E-state index contributed by atoms with van der Waals surface area (Å²) in [5, 5.41) is 8.00. The molecule has 2 aromatic carbocycles. The van der Waals surface area contributed by atoms with Crippen molar-refractivity contribution < 1.29 is 9.53 Å². The molecule has 32 heavy (non-hydrogen) atoms. The minimum Gasteiger partial charge on any atom is -0.497 e. The first-order chi connectivity index (χ1) is 15.5. The number of ether oxygens (including phenoxy) is 1. The van der Waals surface area contributed by atoms with Gasteiger partial charge in [-0.3, -0.25) is 4.79 Å². The molecule has 1 aliphatic carbocycles. The van der Waals surface area contributed by atoms with Gasteiger partial charge >= 0.3 is 0 Å². The maximum absolute atomic E-state index is 12.5. The molecule has 0 aliphatic heterocycles. The number of fused-ring (bicyclic) bond motifs is 1. The van der Waals surface area contributed by atoms with Crippen molar-refractivity contribution >= 4 is 28.3 Å². The molecule has 1 amide bonds. The normalized spacial score (nSPS) is 18.2. The van der Waals surface area contributed by atoms with Crippen molar-refractivity contribution in [2.45, 2.75) is 44.2 Å². The summed E-state index contributed by atoms with van der Waals surface area (Å²) in [5.41, 5.74) is 3.16. The van der Waals surface area contributed by atoms with E-state index in [4.69, 9.17) is 9.72 Å². The van der Waals surface area contributed by atoms with E-state index in [0.29, 0.717) is 12.5 Å². The first-order valence-corrected chi connectivity index (χ1v) is 11.3. The quantitative estimate of drug-likeness (QED) is 0.580. The molecule has 4 rings (SSSR count). The average Bonchev–Trinajstić information content (AvgIpc) is 2.80. The fourth-order valence-corrected chi connectivity index (χ4v) is 4.40. The molecule has 0 spiro atoms. The van der Waals surface area contributed by atoms with Crippen molar-refractivity contribution in [2.24, 2.45) is 0 Å². The number of benzene rings is 2. The van der Waals surface area contributed by atoms with Crippen molar-refractivity contribution in [1.29, 1.82) is 0 Å². The van der Waals surface area contributed by atoms with Crippen LogP contribution in [0.1, 0.15) is 31.2 Å². The highest BCUT2D eigenvalue weighted by atomic mass is 16.5. The first kappa shape index (κ1) is 21.9. The number of para-hydroxylation sites is 1. The largest absolute Gasteiger partial charge is 0.497 e. The Bertz CT molecular complexity index is 1060. The van der Waals surface area contributed by atoms with Gasteiger partial charge in [0.2, 0.25) is 5.91 Å². The molecule has 0 saturated heterocycles. The third kappa shape index (κ3) is 5.31. The predicted octanol–water partition coefficient (Wildman–Crippen LogP) is 4.39. The zero-order chi connectivity index (χ0) is 22.5. The minimum atomic E-state index is 0.0818. The summed E-state index contributed by atoms with van der Waals surface area (Å²) in [7, 11) is 5.76. The number of carbonyl (C=O) groups is 1. The summed E-state index contributed by atoms with van der Waals surface area (Å²) >= 11 is 0. The number of hydrogen-bond acceptors (Lipinski definition) is 5. The zero-order valence-electron chi connectivity index (χ0n) is 19.1. The van der Waals surface area contributed by atoms with Gasteiger partial charge < -0.3 is 20.3 Å².